The third-order valence-electron chi connectivity index (χ3n) is 9.74. The zero-order valence-corrected chi connectivity index (χ0v) is 26.3. The van der Waals surface area contributed by atoms with Crippen LogP contribution >= 0.6 is 0 Å². The van der Waals surface area contributed by atoms with Gasteiger partial charge in [-0.2, -0.15) is 0 Å². The highest BCUT2D eigenvalue weighted by Crippen LogP contribution is 2.50. The van der Waals surface area contributed by atoms with Gasteiger partial charge in [-0.1, -0.05) is 123 Å². The Balaban J connectivity index is 1.21. The van der Waals surface area contributed by atoms with Crippen LogP contribution in [-0.4, -0.2) is 15.0 Å². The minimum Gasteiger partial charge on any atom is -0.256 e. The fourth-order valence-electron chi connectivity index (χ4n) is 7.32. The zero-order chi connectivity index (χ0) is 31.5. The Hall–Kier alpha value is -5.93. The maximum absolute atomic E-state index is 5.21. The summed E-state index contributed by atoms with van der Waals surface area (Å²) in [5.74, 6) is 0.699. The van der Waals surface area contributed by atoms with Gasteiger partial charge in [0.25, 0.3) is 0 Å². The molecule has 0 radical (unpaired) electrons. The molecule has 0 unspecified atom stereocenters. The lowest BCUT2D eigenvalue weighted by Gasteiger charge is -2.22. The standard InChI is InChI=1S/C44H31N3/c1-44(2)38-17-9-8-14-33(38)37-25-30-20-19-29-24-31(21-22-32(29)36(30)26-39(37)44)43-46-41(28-12-4-3-5-13-28)27-42(47-43)35-16-7-6-15-34(35)40-18-10-11-23-45-40/h3-27H,1-2H3. The number of pyridine rings is 1. The average Bonchev–Trinajstić information content (AvgIpc) is 3.36. The molecule has 0 atom stereocenters. The van der Waals surface area contributed by atoms with E-state index >= 15 is 0 Å². The molecule has 0 saturated heterocycles. The van der Waals surface area contributed by atoms with E-state index in [2.05, 4.69) is 140 Å². The van der Waals surface area contributed by atoms with Gasteiger partial charge < -0.3 is 0 Å². The van der Waals surface area contributed by atoms with Crippen LogP contribution < -0.4 is 0 Å². The molecule has 8 aromatic rings. The molecule has 47 heavy (non-hydrogen) atoms. The number of hydrogen-bond donors (Lipinski definition) is 0. The van der Waals surface area contributed by atoms with Crippen molar-refractivity contribution in [1.82, 2.24) is 15.0 Å². The van der Waals surface area contributed by atoms with Gasteiger partial charge in [-0.3, -0.25) is 4.98 Å². The predicted molar refractivity (Wildman–Crippen MR) is 194 cm³/mol. The largest absolute Gasteiger partial charge is 0.256 e. The Labute approximate surface area is 274 Å². The highest BCUT2D eigenvalue weighted by molar-refractivity contribution is 6.10. The molecule has 0 fully saturated rings. The molecular formula is C44H31N3. The van der Waals surface area contributed by atoms with Crippen LogP contribution in [0.1, 0.15) is 25.0 Å². The first kappa shape index (κ1) is 27.4. The second-order valence-electron chi connectivity index (χ2n) is 12.9. The smallest absolute Gasteiger partial charge is 0.160 e. The number of nitrogens with zero attached hydrogens (tertiary/aromatic N) is 3. The van der Waals surface area contributed by atoms with Crippen LogP contribution in [0.5, 0.6) is 0 Å². The Morgan fingerprint density at radius 1 is 0.426 bits per heavy atom. The molecule has 1 aliphatic rings. The quantitative estimate of drug-likeness (QED) is 0.188. The minimum absolute atomic E-state index is 0.0457. The van der Waals surface area contributed by atoms with Crippen molar-refractivity contribution >= 4 is 21.5 Å². The highest BCUT2D eigenvalue weighted by atomic mass is 14.9. The van der Waals surface area contributed by atoms with Crippen LogP contribution in [0.4, 0.5) is 0 Å². The molecule has 0 spiro atoms. The molecule has 0 N–H and O–H groups in total. The van der Waals surface area contributed by atoms with Gasteiger partial charge in [0.1, 0.15) is 0 Å². The van der Waals surface area contributed by atoms with Crippen molar-refractivity contribution < 1.29 is 0 Å². The maximum atomic E-state index is 5.21. The van der Waals surface area contributed by atoms with Gasteiger partial charge in [0.15, 0.2) is 5.82 Å². The van der Waals surface area contributed by atoms with E-state index in [1.165, 1.54) is 43.8 Å². The summed E-state index contributed by atoms with van der Waals surface area (Å²) in [5.41, 5.74) is 12.2. The fraction of sp³-hybridized carbons (Fsp3) is 0.0682. The molecule has 2 aromatic heterocycles. The van der Waals surface area contributed by atoms with Gasteiger partial charge in [-0.25, -0.2) is 9.97 Å². The molecule has 222 valence electrons. The van der Waals surface area contributed by atoms with E-state index in [1.54, 1.807) is 0 Å². The maximum Gasteiger partial charge on any atom is 0.160 e. The van der Waals surface area contributed by atoms with Gasteiger partial charge in [-0.15, -0.1) is 0 Å². The molecule has 2 heterocycles. The van der Waals surface area contributed by atoms with Crippen LogP contribution in [-0.2, 0) is 5.41 Å². The average molecular weight is 602 g/mol. The molecule has 3 heteroatoms. The fourth-order valence-corrected chi connectivity index (χ4v) is 7.32. The summed E-state index contributed by atoms with van der Waals surface area (Å²) in [5, 5.41) is 4.94. The Morgan fingerprint density at radius 2 is 1.11 bits per heavy atom. The topological polar surface area (TPSA) is 38.7 Å². The van der Waals surface area contributed by atoms with Crippen LogP contribution in [0.3, 0.4) is 0 Å². The Morgan fingerprint density at radius 3 is 1.89 bits per heavy atom. The van der Waals surface area contributed by atoms with E-state index in [9.17, 15) is 0 Å². The molecule has 9 rings (SSSR count). The Bertz CT molecular complexity index is 2480. The monoisotopic (exact) mass is 601 g/mol. The van der Waals surface area contributed by atoms with Gasteiger partial charge in [0, 0.05) is 33.9 Å². The molecule has 0 aliphatic heterocycles. The first-order valence-corrected chi connectivity index (χ1v) is 16.1. The first-order valence-electron chi connectivity index (χ1n) is 16.1. The summed E-state index contributed by atoms with van der Waals surface area (Å²) in [6, 6.07) is 51.6. The van der Waals surface area contributed by atoms with E-state index in [-0.39, 0.29) is 5.41 Å². The normalized spacial score (nSPS) is 13.1. The van der Waals surface area contributed by atoms with Crippen molar-refractivity contribution in [3.05, 3.63) is 163 Å². The zero-order valence-electron chi connectivity index (χ0n) is 26.3. The van der Waals surface area contributed by atoms with Crippen LogP contribution in [0.25, 0.3) is 77.8 Å². The van der Waals surface area contributed by atoms with Crippen LogP contribution in [0.15, 0.2) is 152 Å². The van der Waals surface area contributed by atoms with Crippen molar-refractivity contribution in [1.29, 1.82) is 0 Å². The summed E-state index contributed by atoms with van der Waals surface area (Å²) in [7, 11) is 0. The van der Waals surface area contributed by atoms with Crippen molar-refractivity contribution in [2.75, 3.05) is 0 Å². The number of aromatic nitrogens is 3. The number of fused-ring (bicyclic) bond motifs is 6. The van der Waals surface area contributed by atoms with E-state index in [0.717, 1.165) is 39.3 Å². The Kier molecular flexibility index (Phi) is 6.16. The number of benzene rings is 6. The molecular weight excluding hydrogens is 571 g/mol. The van der Waals surface area contributed by atoms with Crippen molar-refractivity contribution in [3.8, 4) is 56.3 Å². The summed E-state index contributed by atoms with van der Waals surface area (Å²) in [6.07, 6.45) is 1.83. The third kappa shape index (κ3) is 4.46. The van der Waals surface area contributed by atoms with Gasteiger partial charge >= 0.3 is 0 Å². The predicted octanol–water partition coefficient (Wildman–Crippen LogP) is 11.2. The third-order valence-corrected chi connectivity index (χ3v) is 9.74. The van der Waals surface area contributed by atoms with E-state index < -0.39 is 0 Å². The minimum atomic E-state index is -0.0457. The van der Waals surface area contributed by atoms with Crippen molar-refractivity contribution in [3.63, 3.8) is 0 Å². The SMILES string of the molecule is CC1(C)c2ccccc2-c2cc3ccc4cc(-c5nc(-c6ccccc6)cc(-c6ccccc6-c6ccccn6)n5)ccc4c3cc21. The molecule has 0 amide bonds. The summed E-state index contributed by atoms with van der Waals surface area (Å²) < 4.78 is 0. The lowest BCUT2D eigenvalue weighted by atomic mass is 9.81. The molecule has 0 saturated carbocycles. The number of rotatable bonds is 4. The van der Waals surface area contributed by atoms with Crippen molar-refractivity contribution in [2.45, 2.75) is 19.3 Å². The molecule has 1 aliphatic carbocycles. The lowest BCUT2D eigenvalue weighted by Crippen LogP contribution is -2.14. The van der Waals surface area contributed by atoms with Crippen LogP contribution in [0.2, 0.25) is 0 Å². The molecule has 6 aromatic carbocycles. The summed E-state index contributed by atoms with van der Waals surface area (Å²) in [6.45, 7) is 4.68. The molecule has 0 bridgehead atoms. The molecule has 3 nitrogen and oxygen atoms in total. The van der Waals surface area contributed by atoms with Crippen LogP contribution in [0, 0.1) is 0 Å². The van der Waals surface area contributed by atoms with E-state index in [0.29, 0.717) is 5.82 Å². The van der Waals surface area contributed by atoms with Gasteiger partial charge in [0.2, 0.25) is 0 Å². The lowest BCUT2D eigenvalue weighted by molar-refractivity contribution is 0.661. The van der Waals surface area contributed by atoms with Gasteiger partial charge in [0.05, 0.1) is 17.1 Å². The van der Waals surface area contributed by atoms with E-state index in [1.807, 2.05) is 30.5 Å². The van der Waals surface area contributed by atoms with E-state index in [4.69, 9.17) is 9.97 Å². The second-order valence-corrected chi connectivity index (χ2v) is 12.9. The highest BCUT2D eigenvalue weighted by Gasteiger charge is 2.35. The summed E-state index contributed by atoms with van der Waals surface area (Å²) >= 11 is 0. The van der Waals surface area contributed by atoms with Gasteiger partial charge in [-0.05, 0) is 80.2 Å². The number of hydrogen-bond acceptors (Lipinski definition) is 3. The summed E-state index contributed by atoms with van der Waals surface area (Å²) in [4.78, 5) is 15.0. The van der Waals surface area contributed by atoms with Crippen molar-refractivity contribution in [2.24, 2.45) is 0 Å². The second kappa shape index (κ2) is 10.6. The first-order chi connectivity index (χ1) is 23.0.